The number of fused-ring (bicyclic) bond motifs is 1. The number of benzene rings is 2. The fraction of sp³-hybridized carbons (Fsp3) is 0.174. The highest BCUT2D eigenvalue weighted by Gasteiger charge is 2.34. The number of ether oxygens (including phenoxy) is 2. The van der Waals surface area contributed by atoms with Gasteiger partial charge in [0.1, 0.15) is 5.01 Å². The van der Waals surface area contributed by atoms with Gasteiger partial charge in [-0.05, 0) is 35.9 Å². The first-order valence-corrected chi connectivity index (χ1v) is 10.8. The molecule has 33 heavy (non-hydrogen) atoms. The van der Waals surface area contributed by atoms with Crippen LogP contribution in [0.15, 0.2) is 48.5 Å². The summed E-state index contributed by atoms with van der Waals surface area (Å²) >= 11 is 1.19. The van der Waals surface area contributed by atoms with Gasteiger partial charge in [0.15, 0.2) is 11.5 Å². The molecule has 0 unspecified atom stereocenters. The van der Waals surface area contributed by atoms with E-state index in [2.05, 4.69) is 15.5 Å². The lowest BCUT2D eigenvalue weighted by atomic mass is 10.1. The third-order valence-corrected chi connectivity index (χ3v) is 5.86. The third kappa shape index (κ3) is 4.75. The molecule has 0 atom stereocenters. The van der Waals surface area contributed by atoms with E-state index < -0.39 is 0 Å². The lowest BCUT2D eigenvalue weighted by Gasteiger charge is -2.11. The third-order valence-electron chi connectivity index (χ3n) is 4.96. The fourth-order valence-electron chi connectivity index (χ4n) is 3.33. The molecular weight excluding hydrogens is 444 g/mol. The summed E-state index contributed by atoms with van der Waals surface area (Å²) in [5.41, 5.74) is 1.59. The Morgan fingerprint density at radius 2 is 1.73 bits per heavy atom. The number of nitrogens with one attached hydrogen (secondary N) is 1. The topological polar surface area (TPSA) is 111 Å². The molecular formula is C23H20N4O5S. The number of hydrogen-bond acceptors (Lipinski definition) is 8. The highest BCUT2D eigenvalue weighted by Crippen LogP contribution is 2.28. The second kappa shape index (κ2) is 9.61. The van der Waals surface area contributed by atoms with Gasteiger partial charge in [-0.25, -0.2) is 0 Å². The largest absolute Gasteiger partial charge is 0.493 e. The Kier molecular flexibility index (Phi) is 6.45. The fourth-order valence-corrected chi connectivity index (χ4v) is 4.06. The van der Waals surface area contributed by atoms with Crippen LogP contribution in [-0.4, -0.2) is 53.6 Å². The zero-order chi connectivity index (χ0) is 23.4. The summed E-state index contributed by atoms with van der Waals surface area (Å²) in [4.78, 5) is 38.3. The number of anilines is 1. The van der Waals surface area contributed by atoms with Gasteiger partial charge in [-0.15, -0.1) is 10.2 Å². The van der Waals surface area contributed by atoms with Gasteiger partial charge in [0.05, 0.1) is 25.3 Å². The summed E-state index contributed by atoms with van der Waals surface area (Å²) in [6.45, 7) is 0.189. The van der Waals surface area contributed by atoms with Gasteiger partial charge in [0.2, 0.25) is 11.0 Å². The standard InChI is InChI=1S/C23H20N4O5S/c1-31-17-9-7-14(13-18(17)32-2)8-10-19(28)24-23-26-25-20(33-23)11-12-27-21(29)15-5-3-4-6-16(15)22(27)30/h3-10,13H,11-12H2,1-2H3,(H,24,26,28)/b10-8+. The van der Waals surface area contributed by atoms with E-state index in [9.17, 15) is 14.4 Å². The molecule has 168 valence electrons. The summed E-state index contributed by atoms with van der Waals surface area (Å²) in [6, 6.07) is 12.0. The zero-order valence-electron chi connectivity index (χ0n) is 17.9. The number of rotatable bonds is 8. The number of hydrogen-bond donors (Lipinski definition) is 1. The molecule has 1 aromatic heterocycles. The van der Waals surface area contributed by atoms with E-state index >= 15 is 0 Å². The van der Waals surface area contributed by atoms with Crippen LogP contribution in [0.3, 0.4) is 0 Å². The molecule has 9 nitrogen and oxygen atoms in total. The minimum Gasteiger partial charge on any atom is -0.493 e. The van der Waals surface area contributed by atoms with E-state index in [-0.39, 0.29) is 24.3 Å². The van der Waals surface area contributed by atoms with Crippen LogP contribution in [0, 0.1) is 0 Å². The van der Waals surface area contributed by atoms with Crippen molar-refractivity contribution in [2.45, 2.75) is 6.42 Å². The van der Waals surface area contributed by atoms with Crippen molar-refractivity contribution in [3.05, 3.63) is 70.2 Å². The molecule has 1 aliphatic heterocycles. The Morgan fingerprint density at radius 3 is 2.39 bits per heavy atom. The van der Waals surface area contributed by atoms with Crippen molar-refractivity contribution in [2.24, 2.45) is 0 Å². The van der Waals surface area contributed by atoms with Crippen molar-refractivity contribution in [3.8, 4) is 11.5 Å². The molecule has 2 heterocycles. The van der Waals surface area contributed by atoms with E-state index in [0.717, 1.165) is 5.56 Å². The van der Waals surface area contributed by atoms with Crippen molar-refractivity contribution < 1.29 is 23.9 Å². The molecule has 10 heteroatoms. The normalized spacial score (nSPS) is 12.8. The van der Waals surface area contributed by atoms with Crippen LogP contribution in [0.25, 0.3) is 6.08 Å². The molecule has 0 saturated carbocycles. The molecule has 0 fully saturated rings. The van der Waals surface area contributed by atoms with Crippen molar-refractivity contribution in [1.29, 1.82) is 0 Å². The summed E-state index contributed by atoms with van der Waals surface area (Å²) in [6.07, 6.45) is 3.36. The van der Waals surface area contributed by atoms with Gasteiger partial charge >= 0.3 is 0 Å². The number of carbonyl (C=O) groups excluding carboxylic acids is 3. The first kappa shape index (κ1) is 22.2. The molecule has 1 N–H and O–H groups in total. The molecule has 4 rings (SSSR count). The van der Waals surface area contributed by atoms with Gasteiger partial charge in [0.25, 0.3) is 11.8 Å². The highest BCUT2D eigenvalue weighted by atomic mass is 32.1. The number of nitrogens with zero attached hydrogens (tertiary/aromatic N) is 3. The lowest BCUT2D eigenvalue weighted by molar-refractivity contribution is -0.111. The van der Waals surface area contributed by atoms with E-state index in [1.807, 2.05) is 0 Å². The Bertz CT molecular complexity index is 1220. The molecule has 0 radical (unpaired) electrons. The molecule has 0 saturated heterocycles. The van der Waals surface area contributed by atoms with Crippen molar-refractivity contribution in [3.63, 3.8) is 0 Å². The monoisotopic (exact) mass is 464 g/mol. The number of imide groups is 1. The first-order chi connectivity index (χ1) is 16.0. The Hall–Kier alpha value is -4.05. The minimum absolute atomic E-state index is 0.189. The maximum absolute atomic E-state index is 12.4. The van der Waals surface area contributed by atoms with Crippen LogP contribution in [0.5, 0.6) is 11.5 Å². The van der Waals surface area contributed by atoms with Gasteiger partial charge < -0.3 is 9.47 Å². The number of methoxy groups -OCH3 is 2. The van der Waals surface area contributed by atoms with E-state index in [0.29, 0.717) is 39.2 Å². The molecule has 3 amide bonds. The van der Waals surface area contributed by atoms with Crippen LogP contribution in [0.4, 0.5) is 5.13 Å². The van der Waals surface area contributed by atoms with Gasteiger partial charge in [-0.1, -0.05) is 29.5 Å². The van der Waals surface area contributed by atoms with Crippen molar-refractivity contribution >= 4 is 40.3 Å². The van der Waals surface area contributed by atoms with Crippen molar-refractivity contribution in [2.75, 3.05) is 26.1 Å². The predicted octanol–water partition coefficient (Wildman–Crippen LogP) is 3.05. The first-order valence-electron chi connectivity index (χ1n) is 9.99. The van der Waals surface area contributed by atoms with Crippen LogP contribution >= 0.6 is 11.3 Å². The van der Waals surface area contributed by atoms with Gasteiger partial charge in [0, 0.05) is 19.0 Å². The zero-order valence-corrected chi connectivity index (χ0v) is 18.7. The molecule has 1 aliphatic rings. The Balaban J connectivity index is 1.33. The number of amides is 3. The van der Waals surface area contributed by atoms with Crippen LogP contribution in [0.2, 0.25) is 0 Å². The second-order valence-electron chi connectivity index (χ2n) is 7.00. The molecule has 0 spiro atoms. The smallest absolute Gasteiger partial charge is 0.261 e. The SMILES string of the molecule is COc1ccc(/C=C/C(=O)Nc2nnc(CCN3C(=O)c4ccccc4C3=O)s2)cc1OC. The highest BCUT2D eigenvalue weighted by molar-refractivity contribution is 7.15. The van der Waals surface area contributed by atoms with Crippen LogP contribution in [0.1, 0.15) is 31.3 Å². The average molecular weight is 465 g/mol. The molecule has 0 bridgehead atoms. The Morgan fingerprint density at radius 1 is 1.03 bits per heavy atom. The molecule has 0 aliphatic carbocycles. The minimum atomic E-state index is -0.368. The van der Waals surface area contributed by atoms with Crippen LogP contribution < -0.4 is 14.8 Å². The summed E-state index contributed by atoms with van der Waals surface area (Å²) < 4.78 is 10.4. The quantitative estimate of drug-likeness (QED) is 0.403. The predicted molar refractivity (Wildman–Crippen MR) is 123 cm³/mol. The molecule has 2 aromatic carbocycles. The summed E-state index contributed by atoms with van der Waals surface area (Å²) in [5.74, 6) is 0.171. The maximum Gasteiger partial charge on any atom is 0.261 e. The van der Waals surface area contributed by atoms with Gasteiger partial charge in [-0.3, -0.25) is 24.6 Å². The second-order valence-corrected chi connectivity index (χ2v) is 8.06. The number of carbonyl (C=O) groups is 3. The van der Waals surface area contributed by atoms with E-state index in [4.69, 9.17) is 9.47 Å². The van der Waals surface area contributed by atoms with E-state index in [1.54, 1.807) is 62.8 Å². The van der Waals surface area contributed by atoms with Crippen molar-refractivity contribution in [1.82, 2.24) is 15.1 Å². The van der Waals surface area contributed by atoms with Gasteiger partial charge in [-0.2, -0.15) is 0 Å². The summed E-state index contributed by atoms with van der Waals surface area (Å²) in [7, 11) is 3.09. The van der Waals surface area contributed by atoms with E-state index in [1.165, 1.54) is 22.3 Å². The molecule has 3 aromatic rings. The average Bonchev–Trinajstić information content (AvgIpc) is 3.38. The lowest BCUT2D eigenvalue weighted by Crippen LogP contribution is -2.31. The maximum atomic E-state index is 12.4. The Labute approximate surface area is 193 Å². The number of aromatic nitrogens is 2. The summed E-state index contributed by atoms with van der Waals surface area (Å²) in [5, 5.41) is 11.6. The van der Waals surface area contributed by atoms with Crippen LogP contribution in [-0.2, 0) is 11.2 Å².